The summed E-state index contributed by atoms with van der Waals surface area (Å²) in [6.07, 6.45) is 1.50. The van der Waals surface area contributed by atoms with E-state index < -0.39 is 0 Å². The molecule has 0 aromatic heterocycles. The van der Waals surface area contributed by atoms with Crippen molar-refractivity contribution >= 4 is 11.6 Å². The summed E-state index contributed by atoms with van der Waals surface area (Å²) >= 11 is 0. The molecule has 0 aliphatic heterocycles. The Kier molecular flexibility index (Phi) is 6.03. The van der Waals surface area contributed by atoms with Gasteiger partial charge in [0.25, 0.3) is 0 Å². The predicted octanol–water partition coefficient (Wildman–Crippen LogP) is 3.25. The number of nitrogens with one attached hydrogen (secondary N) is 1. The van der Waals surface area contributed by atoms with E-state index in [0.717, 1.165) is 23.2 Å². The lowest BCUT2D eigenvalue weighted by molar-refractivity contribution is -0.117. The summed E-state index contributed by atoms with van der Waals surface area (Å²) in [7, 11) is 0. The average molecular weight is 262 g/mol. The van der Waals surface area contributed by atoms with Crippen LogP contribution < -0.4 is 11.1 Å². The van der Waals surface area contributed by atoms with E-state index in [2.05, 4.69) is 25.2 Å². The predicted molar refractivity (Wildman–Crippen MR) is 81.2 cm³/mol. The molecule has 3 N–H and O–H groups in total. The molecule has 0 bridgehead atoms. The van der Waals surface area contributed by atoms with Crippen molar-refractivity contribution in [2.24, 2.45) is 17.6 Å². The van der Waals surface area contributed by atoms with Crippen molar-refractivity contribution in [1.29, 1.82) is 0 Å². The number of rotatable bonds is 6. The van der Waals surface area contributed by atoms with Crippen molar-refractivity contribution in [3.8, 4) is 0 Å². The maximum atomic E-state index is 12.0. The fraction of sp³-hybridized carbons (Fsp3) is 0.562. The minimum atomic E-state index is 0.0566. The minimum absolute atomic E-state index is 0.0566. The van der Waals surface area contributed by atoms with E-state index in [4.69, 9.17) is 5.73 Å². The quantitative estimate of drug-likeness (QED) is 0.826. The molecule has 1 aromatic carbocycles. The van der Waals surface area contributed by atoms with Crippen molar-refractivity contribution in [2.45, 2.75) is 40.5 Å². The Morgan fingerprint density at radius 2 is 1.79 bits per heavy atom. The van der Waals surface area contributed by atoms with Gasteiger partial charge in [0, 0.05) is 12.1 Å². The molecule has 1 rings (SSSR count). The van der Waals surface area contributed by atoms with Gasteiger partial charge >= 0.3 is 0 Å². The van der Waals surface area contributed by atoms with Crippen molar-refractivity contribution in [3.05, 3.63) is 29.3 Å². The highest BCUT2D eigenvalue weighted by Gasteiger charge is 2.14. The zero-order valence-electron chi connectivity index (χ0n) is 12.5. The Balaban J connectivity index is 2.58. The molecule has 3 heteroatoms. The number of amides is 1. The van der Waals surface area contributed by atoms with Crippen LogP contribution in [0, 0.1) is 25.7 Å². The van der Waals surface area contributed by atoms with Gasteiger partial charge in [-0.25, -0.2) is 0 Å². The highest BCUT2D eigenvalue weighted by Crippen LogP contribution is 2.17. The monoisotopic (exact) mass is 262 g/mol. The topological polar surface area (TPSA) is 55.1 Å². The van der Waals surface area contributed by atoms with E-state index in [9.17, 15) is 4.79 Å². The summed E-state index contributed by atoms with van der Waals surface area (Å²) in [5, 5.41) is 2.97. The number of anilines is 1. The van der Waals surface area contributed by atoms with Gasteiger partial charge in [-0.05, 0) is 61.9 Å². The van der Waals surface area contributed by atoms with Crippen molar-refractivity contribution in [1.82, 2.24) is 0 Å². The van der Waals surface area contributed by atoms with Gasteiger partial charge in [-0.3, -0.25) is 4.79 Å². The van der Waals surface area contributed by atoms with Crippen molar-refractivity contribution in [2.75, 3.05) is 11.9 Å². The molecule has 0 saturated heterocycles. The first-order valence-electron chi connectivity index (χ1n) is 6.99. The molecule has 1 atom stereocenters. The van der Waals surface area contributed by atoms with Gasteiger partial charge < -0.3 is 11.1 Å². The van der Waals surface area contributed by atoms with E-state index in [1.807, 2.05) is 26.0 Å². The van der Waals surface area contributed by atoms with Gasteiger partial charge in [0.2, 0.25) is 5.91 Å². The first kappa shape index (κ1) is 15.7. The molecule has 0 spiro atoms. The van der Waals surface area contributed by atoms with E-state index in [1.54, 1.807) is 0 Å². The van der Waals surface area contributed by atoms with Gasteiger partial charge in [0.1, 0.15) is 0 Å². The lowest BCUT2D eigenvalue weighted by atomic mass is 9.94. The van der Waals surface area contributed by atoms with Crippen LogP contribution in [0.5, 0.6) is 0 Å². The van der Waals surface area contributed by atoms with Crippen LogP contribution in [-0.4, -0.2) is 12.5 Å². The van der Waals surface area contributed by atoms with Gasteiger partial charge in [0.05, 0.1) is 0 Å². The van der Waals surface area contributed by atoms with Gasteiger partial charge in [-0.1, -0.05) is 19.9 Å². The van der Waals surface area contributed by atoms with Crippen LogP contribution in [0.15, 0.2) is 18.2 Å². The Morgan fingerprint density at radius 3 is 2.26 bits per heavy atom. The van der Waals surface area contributed by atoms with E-state index in [1.165, 1.54) is 0 Å². The average Bonchev–Trinajstić information content (AvgIpc) is 2.25. The first-order valence-corrected chi connectivity index (χ1v) is 6.99. The maximum absolute atomic E-state index is 12.0. The number of carbonyl (C=O) groups excluding carboxylic acids is 1. The molecule has 0 unspecified atom stereocenters. The fourth-order valence-corrected chi connectivity index (χ4v) is 2.45. The molecule has 0 aliphatic carbocycles. The fourth-order valence-electron chi connectivity index (χ4n) is 2.45. The second-order valence-electron chi connectivity index (χ2n) is 5.86. The van der Waals surface area contributed by atoms with Crippen LogP contribution in [-0.2, 0) is 4.79 Å². The summed E-state index contributed by atoms with van der Waals surface area (Å²) < 4.78 is 0. The van der Waals surface area contributed by atoms with E-state index in [-0.39, 0.29) is 11.8 Å². The standard InChI is InChI=1S/C16H26N2O/c1-11(2)5-14(10-17)9-16(19)18-15-7-12(3)6-13(4)8-15/h6-8,11,14H,5,9-10,17H2,1-4H3,(H,18,19)/t14-/m0/s1. The molecule has 106 valence electrons. The minimum Gasteiger partial charge on any atom is -0.330 e. The highest BCUT2D eigenvalue weighted by atomic mass is 16.1. The molecule has 19 heavy (non-hydrogen) atoms. The lowest BCUT2D eigenvalue weighted by Gasteiger charge is -2.16. The zero-order chi connectivity index (χ0) is 14.4. The third-order valence-corrected chi connectivity index (χ3v) is 3.12. The van der Waals surface area contributed by atoms with E-state index in [0.29, 0.717) is 18.9 Å². The summed E-state index contributed by atoms with van der Waals surface area (Å²) in [5.41, 5.74) is 8.93. The normalized spacial score (nSPS) is 12.5. The molecule has 0 fully saturated rings. The SMILES string of the molecule is Cc1cc(C)cc(NC(=O)C[C@@H](CN)CC(C)C)c1. The van der Waals surface area contributed by atoms with Gasteiger partial charge in [-0.15, -0.1) is 0 Å². The molecule has 0 aliphatic rings. The number of carbonyl (C=O) groups is 1. The Morgan fingerprint density at radius 1 is 1.21 bits per heavy atom. The Bertz CT molecular complexity index is 407. The summed E-state index contributed by atoms with van der Waals surface area (Å²) in [4.78, 5) is 12.0. The Labute approximate surface area is 116 Å². The summed E-state index contributed by atoms with van der Waals surface area (Å²) in [5.74, 6) is 0.898. The molecule has 0 radical (unpaired) electrons. The van der Waals surface area contributed by atoms with Crippen molar-refractivity contribution < 1.29 is 4.79 Å². The van der Waals surface area contributed by atoms with Crippen molar-refractivity contribution in [3.63, 3.8) is 0 Å². The maximum Gasteiger partial charge on any atom is 0.224 e. The van der Waals surface area contributed by atoms with Gasteiger partial charge in [-0.2, -0.15) is 0 Å². The summed E-state index contributed by atoms with van der Waals surface area (Å²) in [6, 6.07) is 6.08. The summed E-state index contributed by atoms with van der Waals surface area (Å²) in [6.45, 7) is 8.95. The number of nitrogens with two attached hydrogens (primary N) is 1. The molecule has 1 amide bonds. The number of hydrogen-bond acceptors (Lipinski definition) is 2. The van der Waals surface area contributed by atoms with Crippen LogP contribution >= 0.6 is 0 Å². The second kappa shape index (κ2) is 7.29. The van der Waals surface area contributed by atoms with Crippen LogP contribution in [0.4, 0.5) is 5.69 Å². The molecule has 0 heterocycles. The lowest BCUT2D eigenvalue weighted by Crippen LogP contribution is -2.23. The Hall–Kier alpha value is -1.35. The molecular formula is C16H26N2O. The highest BCUT2D eigenvalue weighted by molar-refractivity contribution is 5.91. The van der Waals surface area contributed by atoms with Crippen LogP contribution in [0.1, 0.15) is 37.8 Å². The molecule has 0 saturated carbocycles. The third kappa shape index (κ3) is 5.88. The number of aryl methyl sites for hydroxylation is 2. The molecule has 3 nitrogen and oxygen atoms in total. The third-order valence-electron chi connectivity index (χ3n) is 3.12. The van der Waals surface area contributed by atoms with Crippen LogP contribution in [0.25, 0.3) is 0 Å². The zero-order valence-corrected chi connectivity index (χ0v) is 12.5. The molecule has 1 aromatic rings. The van der Waals surface area contributed by atoms with E-state index >= 15 is 0 Å². The smallest absolute Gasteiger partial charge is 0.224 e. The van der Waals surface area contributed by atoms with Crippen LogP contribution in [0.2, 0.25) is 0 Å². The number of benzene rings is 1. The van der Waals surface area contributed by atoms with Gasteiger partial charge in [0.15, 0.2) is 0 Å². The second-order valence-corrected chi connectivity index (χ2v) is 5.86. The first-order chi connectivity index (χ1) is 8.90. The number of hydrogen-bond donors (Lipinski definition) is 2. The van der Waals surface area contributed by atoms with Crippen LogP contribution in [0.3, 0.4) is 0 Å². The largest absolute Gasteiger partial charge is 0.330 e. The molecular weight excluding hydrogens is 236 g/mol.